The van der Waals surface area contributed by atoms with Crippen LogP contribution in [-0.4, -0.2) is 43.5 Å². The van der Waals surface area contributed by atoms with Crippen LogP contribution >= 0.6 is 0 Å². The molecule has 3 aromatic heterocycles. The Morgan fingerprint density at radius 2 is 1.89 bits per heavy atom. The van der Waals surface area contributed by atoms with Gasteiger partial charge in [-0.3, -0.25) is 0 Å². The van der Waals surface area contributed by atoms with E-state index in [0.717, 1.165) is 42.3 Å². The predicted octanol–water partition coefficient (Wildman–Crippen LogP) is 5.21. The number of aromatic nitrogens is 6. The lowest BCUT2D eigenvalue weighted by atomic mass is 9.85. The average molecular weight is 473 g/mol. The number of benzene rings is 1. The number of aryl methyl sites for hydroxylation is 3. The molecule has 0 amide bonds. The molecule has 0 radical (unpaired) electrons. The molecule has 5 rings (SSSR count). The van der Waals surface area contributed by atoms with Gasteiger partial charge in [0.25, 0.3) is 0 Å². The fourth-order valence-electron chi connectivity index (χ4n) is 4.93. The first-order valence-electron chi connectivity index (χ1n) is 12.1. The minimum atomic E-state index is 0.184. The second-order valence-electron chi connectivity index (χ2n) is 9.46. The monoisotopic (exact) mass is 472 g/mol. The maximum atomic E-state index is 5.67. The van der Waals surface area contributed by atoms with Crippen molar-refractivity contribution in [2.45, 2.75) is 58.9 Å². The van der Waals surface area contributed by atoms with Crippen molar-refractivity contribution in [3.8, 4) is 28.8 Å². The zero-order valence-electron chi connectivity index (χ0n) is 21.2. The number of pyridine rings is 1. The van der Waals surface area contributed by atoms with E-state index in [-0.39, 0.29) is 5.92 Å². The Hall–Kier alpha value is -3.68. The molecule has 1 aliphatic heterocycles. The number of rotatable bonds is 6. The molecule has 8 heteroatoms. The van der Waals surface area contributed by atoms with Gasteiger partial charge < -0.3 is 14.0 Å². The van der Waals surface area contributed by atoms with Crippen molar-refractivity contribution < 1.29 is 9.47 Å². The molecule has 0 bridgehead atoms. The van der Waals surface area contributed by atoms with Crippen LogP contribution in [0.25, 0.3) is 17.2 Å². The van der Waals surface area contributed by atoms with Crippen molar-refractivity contribution in [1.29, 1.82) is 0 Å². The number of fused-ring (bicyclic) bond motifs is 1. The van der Waals surface area contributed by atoms with E-state index in [9.17, 15) is 0 Å². The second-order valence-corrected chi connectivity index (χ2v) is 9.46. The van der Waals surface area contributed by atoms with E-state index in [0.29, 0.717) is 23.3 Å². The SMILES string of the molecule is COc1cc(C)c([C@H]2CCCn3nc(-c4ccc(-n5cnc(C)c5)c(OC)n4)nc32)cc1C(C)C. The average Bonchev–Trinajstić information content (AvgIpc) is 3.49. The molecular formula is C27H32N6O2. The predicted molar refractivity (Wildman–Crippen MR) is 135 cm³/mol. The minimum Gasteiger partial charge on any atom is -0.496 e. The maximum absolute atomic E-state index is 5.67. The van der Waals surface area contributed by atoms with Crippen LogP contribution in [0.5, 0.6) is 11.6 Å². The van der Waals surface area contributed by atoms with Crippen LogP contribution in [0.2, 0.25) is 0 Å². The van der Waals surface area contributed by atoms with Gasteiger partial charge in [0.2, 0.25) is 5.88 Å². The van der Waals surface area contributed by atoms with Crippen LogP contribution < -0.4 is 9.47 Å². The Balaban J connectivity index is 1.54. The summed E-state index contributed by atoms with van der Waals surface area (Å²) < 4.78 is 15.2. The molecule has 0 unspecified atom stereocenters. The summed E-state index contributed by atoms with van der Waals surface area (Å²) >= 11 is 0. The Morgan fingerprint density at radius 3 is 2.57 bits per heavy atom. The summed E-state index contributed by atoms with van der Waals surface area (Å²) in [4.78, 5) is 14.1. The third-order valence-electron chi connectivity index (χ3n) is 6.74. The van der Waals surface area contributed by atoms with E-state index < -0.39 is 0 Å². The van der Waals surface area contributed by atoms with Crippen molar-refractivity contribution in [3.05, 3.63) is 65.0 Å². The molecule has 0 saturated carbocycles. The molecule has 0 fully saturated rings. The van der Waals surface area contributed by atoms with E-state index in [1.54, 1.807) is 20.5 Å². The molecule has 0 aliphatic carbocycles. The van der Waals surface area contributed by atoms with Gasteiger partial charge in [-0.05, 0) is 67.5 Å². The molecule has 1 atom stereocenters. The Labute approximate surface area is 206 Å². The molecule has 1 aliphatic rings. The highest BCUT2D eigenvalue weighted by Gasteiger charge is 2.29. The fraction of sp³-hybridized carbons (Fsp3) is 0.407. The van der Waals surface area contributed by atoms with Crippen LogP contribution in [0.15, 0.2) is 36.8 Å². The molecule has 1 aromatic carbocycles. The molecule has 182 valence electrons. The van der Waals surface area contributed by atoms with Crippen molar-refractivity contribution in [2.75, 3.05) is 14.2 Å². The van der Waals surface area contributed by atoms with E-state index in [1.807, 2.05) is 34.5 Å². The Kier molecular flexibility index (Phi) is 6.05. The summed E-state index contributed by atoms with van der Waals surface area (Å²) in [7, 11) is 3.37. The van der Waals surface area contributed by atoms with Crippen molar-refractivity contribution in [3.63, 3.8) is 0 Å². The molecule has 0 saturated heterocycles. The first kappa shape index (κ1) is 23.1. The molecule has 0 N–H and O–H groups in total. The summed E-state index contributed by atoms with van der Waals surface area (Å²) in [6, 6.07) is 8.38. The Morgan fingerprint density at radius 1 is 1.06 bits per heavy atom. The number of nitrogens with zero attached hydrogens (tertiary/aromatic N) is 6. The van der Waals surface area contributed by atoms with Crippen LogP contribution in [0, 0.1) is 13.8 Å². The Bertz CT molecular complexity index is 1370. The van der Waals surface area contributed by atoms with Crippen molar-refractivity contribution in [2.24, 2.45) is 0 Å². The summed E-state index contributed by atoms with van der Waals surface area (Å²) in [5, 5.41) is 4.84. The molecule has 8 nitrogen and oxygen atoms in total. The van der Waals surface area contributed by atoms with Gasteiger partial charge in [0.1, 0.15) is 23.0 Å². The highest BCUT2D eigenvalue weighted by molar-refractivity contribution is 5.56. The topological polar surface area (TPSA) is 79.9 Å². The first-order valence-corrected chi connectivity index (χ1v) is 12.1. The van der Waals surface area contributed by atoms with Gasteiger partial charge in [-0.2, -0.15) is 0 Å². The molecule has 4 heterocycles. The second kappa shape index (κ2) is 9.17. The summed E-state index contributed by atoms with van der Waals surface area (Å²) in [6.07, 6.45) is 5.80. The van der Waals surface area contributed by atoms with Crippen LogP contribution in [0.1, 0.15) is 66.7 Å². The van der Waals surface area contributed by atoms with E-state index >= 15 is 0 Å². The van der Waals surface area contributed by atoms with Crippen LogP contribution in [0.3, 0.4) is 0 Å². The number of hydrogen-bond acceptors (Lipinski definition) is 6. The normalized spacial score (nSPS) is 15.3. The van der Waals surface area contributed by atoms with E-state index in [1.165, 1.54) is 16.7 Å². The minimum absolute atomic E-state index is 0.184. The van der Waals surface area contributed by atoms with Gasteiger partial charge in [-0.15, -0.1) is 5.10 Å². The number of imidazole rings is 1. The summed E-state index contributed by atoms with van der Waals surface area (Å²) in [5.74, 6) is 3.62. The summed E-state index contributed by atoms with van der Waals surface area (Å²) in [6.45, 7) is 9.36. The van der Waals surface area contributed by atoms with E-state index in [4.69, 9.17) is 24.5 Å². The molecular weight excluding hydrogens is 440 g/mol. The van der Waals surface area contributed by atoms with Gasteiger partial charge >= 0.3 is 0 Å². The van der Waals surface area contributed by atoms with E-state index in [2.05, 4.69) is 37.9 Å². The zero-order chi connectivity index (χ0) is 24.7. The smallest absolute Gasteiger partial charge is 0.238 e. The van der Waals surface area contributed by atoms with Crippen molar-refractivity contribution in [1.82, 2.24) is 29.3 Å². The van der Waals surface area contributed by atoms with Gasteiger partial charge in [0.15, 0.2) is 5.82 Å². The quantitative estimate of drug-likeness (QED) is 0.383. The lowest BCUT2D eigenvalue weighted by Crippen LogP contribution is -2.19. The zero-order valence-corrected chi connectivity index (χ0v) is 21.2. The highest BCUT2D eigenvalue weighted by atomic mass is 16.5. The van der Waals surface area contributed by atoms with Gasteiger partial charge in [0.05, 0.1) is 26.2 Å². The van der Waals surface area contributed by atoms with Gasteiger partial charge in [0, 0.05) is 18.7 Å². The lowest BCUT2D eigenvalue weighted by Gasteiger charge is -2.25. The maximum Gasteiger partial charge on any atom is 0.238 e. The fourth-order valence-corrected chi connectivity index (χ4v) is 4.93. The number of methoxy groups -OCH3 is 2. The van der Waals surface area contributed by atoms with Crippen LogP contribution in [-0.2, 0) is 6.54 Å². The van der Waals surface area contributed by atoms with Gasteiger partial charge in [-0.25, -0.2) is 19.6 Å². The third kappa shape index (κ3) is 4.17. The largest absolute Gasteiger partial charge is 0.496 e. The lowest BCUT2D eigenvalue weighted by molar-refractivity contribution is 0.396. The third-order valence-corrected chi connectivity index (χ3v) is 6.74. The number of ether oxygens (including phenoxy) is 2. The summed E-state index contributed by atoms with van der Waals surface area (Å²) in [5.41, 5.74) is 6.19. The molecule has 35 heavy (non-hydrogen) atoms. The molecule has 0 spiro atoms. The number of hydrogen-bond donors (Lipinski definition) is 0. The first-order chi connectivity index (χ1) is 16.9. The highest BCUT2D eigenvalue weighted by Crippen LogP contribution is 2.39. The van der Waals surface area contributed by atoms with Crippen LogP contribution in [0.4, 0.5) is 0 Å². The standard InChI is InChI=1S/C27H32N6O2/c1-16(2)20-13-21(17(3)12-24(20)34-5)19-8-7-11-33-26(19)30-25(31-33)22-9-10-23(27(29-22)35-6)32-14-18(4)28-15-32/h9-10,12-16,19H,7-8,11H2,1-6H3/t19-/m1/s1. The van der Waals surface area contributed by atoms with Crippen molar-refractivity contribution >= 4 is 0 Å². The molecule has 4 aromatic rings. The van der Waals surface area contributed by atoms with Gasteiger partial charge in [-0.1, -0.05) is 19.9 Å².